The lowest BCUT2D eigenvalue weighted by Gasteiger charge is -2.09. The van der Waals surface area contributed by atoms with E-state index in [1.807, 2.05) is 0 Å². The molecule has 1 aromatic heterocycles. The Morgan fingerprint density at radius 3 is 3.13 bits per heavy atom. The van der Waals surface area contributed by atoms with Gasteiger partial charge in [-0.15, -0.1) is 0 Å². The molecule has 5 heteroatoms. The van der Waals surface area contributed by atoms with Crippen LogP contribution in [0.4, 0.5) is 0 Å². The highest BCUT2D eigenvalue weighted by atomic mass is 16.5. The van der Waals surface area contributed by atoms with Gasteiger partial charge in [0.1, 0.15) is 11.9 Å². The molecule has 2 N–H and O–H groups in total. The van der Waals surface area contributed by atoms with Crippen LogP contribution in [-0.2, 0) is 17.8 Å². The Labute approximate surface area is 86.9 Å². The summed E-state index contributed by atoms with van der Waals surface area (Å²) in [7, 11) is 0. The molecule has 0 amide bonds. The fraction of sp³-hybridized carbons (Fsp3) is 0.600. The molecule has 2 aliphatic rings. The number of ether oxygens (including phenoxy) is 1. The maximum Gasteiger partial charge on any atom is 0.255 e. The molecule has 2 aliphatic heterocycles. The highest BCUT2D eigenvalue weighted by molar-refractivity contribution is 5.22. The van der Waals surface area contributed by atoms with Crippen LogP contribution in [0.5, 0.6) is 0 Å². The smallest absolute Gasteiger partial charge is 0.255 e. The molecule has 1 saturated heterocycles. The van der Waals surface area contributed by atoms with Crippen molar-refractivity contribution in [1.29, 1.82) is 0 Å². The maximum absolute atomic E-state index is 11.7. The quantitative estimate of drug-likeness (QED) is 0.691. The summed E-state index contributed by atoms with van der Waals surface area (Å²) in [4.78, 5) is 19.0. The van der Waals surface area contributed by atoms with E-state index in [4.69, 9.17) is 4.74 Å². The first-order valence-electron chi connectivity index (χ1n) is 5.29. The Kier molecular flexibility index (Phi) is 2.07. The van der Waals surface area contributed by atoms with Crippen LogP contribution in [0.15, 0.2) is 4.79 Å². The third kappa shape index (κ3) is 1.48. The Bertz CT molecular complexity index is 435. The SMILES string of the molecule is O=c1[nH]c(C2CCCO2)nc2c1CNC2. The van der Waals surface area contributed by atoms with Crippen LogP contribution in [0.2, 0.25) is 0 Å². The molecule has 0 saturated carbocycles. The van der Waals surface area contributed by atoms with Crippen molar-refractivity contribution in [2.45, 2.75) is 32.0 Å². The molecule has 0 radical (unpaired) electrons. The molecular formula is C10H13N3O2. The molecule has 1 aromatic rings. The molecule has 5 nitrogen and oxygen atoms in total. The van der Waals surface area contributed by atoms with Crippen molar-refractivity contribution < 1.29 is 4.74 Å². The number of rotatable bonds is 1. The minimum atomic E-state index is -0.0181. The van der Waals surface area contributed by atoms with Gasteiger partial charge >= 0.3 is 0 Å². The van der Waals surface area contributed by atoms with Crippen molar-refractivity contribution in [3.63, 3.8) is 0 Å². The molecule has 1 fully saturated rings. The van der Waals surface area contributed by atoms with Crippen molar-refractivity contribution in [2.75, 3.05) is 6.61 Å². The van der Waals surface area contributed by atoms with Gasteiger partial charge in [-0.2, -0.15) is 0 Å². The van der Waals surface area contributed by atoms with Crippen molar-refractivity contribution in [3.8, 4) is 0 Å². The van der Waals surface area contributed by atoms with Crippen molar-refractivity contribution in [1.82, 2.24) is 15.3 Å². The zero-order valence-corrected chi connectivity index (χ0v) is 8.38. The Hall–Kier alpha value is -1.20. The van der Waals surface area contributed by atoms with E-state index in [9.17, 15) is 4.79 Å². The molecule has 0 spiro atoms. The minimum absolute atomic E-state index is 0.0106. The topological polar surface area (TPSA) is 67.0 Å². The number of aromatic nitrogens is 2. The Morgan fingerprint density at radius 2 is 2.33 bits per heavy atom. The summed E-state index contributed by atoms with van der Waals surface area (Å²) in [6.45, 7) is 2.09. The molecule has 3 rings (SSSR count). The second-order valence-corrected chi connectivity index (χ2v) is 3.98. The van der Waals surface area contributed by atoms with Gasteiger partial charge in [0, 0.05) is 19.7 Å². The minimum Gasteiger partial charge on any atom is -0.370 e. The van der Waals surface area contributed by atoms with Gasteiger partial charge in [0.05, 0.1) is 11.3 Å². The lowest BCUT2D eigenvalue weighted by molar-refractivity contribution is 0.104. The van der Waals surface area contributed by atoms with Gasteiger partial charge in [-0.05, 0) is 12.8 Å². The van der Waals surface area contributed by atoms with Crippen LogP contribution in [0.3, 0.4) is 0 Å². The summed E-state index contributed by atoms with van der Waals surface area (Å²) in [5.74, 6) is 0.694. The lowest BCUT2D eigenvalue weighted by Crippen LogP contribution is -2.19. The van der Waals surface area contributed by atoms with Crippen LogP contribution in [0.1, 0.15) is 36.0 Å². The molecule has 0 aromatic carbocycles. The maximum atomic E-state index is 11.7. The summed E-state index contributed by atoms with van der Waals surface area (Å²) in [6.07, 6.45) is 1.99. The highest BCUT2D eigenvalue weighted by Crippen LogP contribution is 2.25. The molecule has 80 valence electrons. The normalized spacial score (nSPS) is 24.4. The van der Waals surface area contributed by atoms with Crippen molar-refractivity contribution in [3.05, 3.63) is 27.4 Å². The average molecular weight is 207 g/mol. The van der Waals surface area contributed by atoms with Gasteiger partial charge < -0.3 is 15.0 Å². The van der Waals surface area contributed by atoms with Gasteiger partial charge in [0.25, 0.3) is 5.56 Å². The van der Waals surface area contributed by atoms with E-state index in [1.165, 1.54) is 0 Å². The lowest BCUT2D eigenvalue weighted by atomic mass is 10.2. The molecule has 1 atom stereocenters. The Balaban J connectivity index is 2.03. The van der Waals surface area contributed by atoms with E-state index in [1.54, 1.807) is 0 Å². The number of aromatic amines is 1. The summed E-state index contributed by atoms with van der Waals surface area (Å²) in [5, 5.41) is 3.12. The first kappa shape index (κ1) is 9.06. The van der Waals surface area contributed by atoms with Gasteiger partial charge in [0.2, 0.25) is 0 Å². The number of nitrogens with zero attached hydrogens (tertiary/aromatic N) is 1. The fourth-order valence-corrected chi connectivity index (χ4v) is 2.14. The van der Waals surface area contributed by atoms with Crippen LogP contribution < -0.4 is 10.9 Å². The second kappa shape index (κ2) is 3.43. The summed E-state index contributed by atoms with van der Waals surface area (Å²) in [6, 6.07) is 0. The van der Waals surface area contributed by atoms with Crippen LogP contribution in [-0.4, -0.2) is 16.6 Å². The largest absolute Gasteiger partial charge is 0.370 e. The first-order valence-corrected chi connectivity index (χ1v) is 5.29. The van der Waals surface area contributed by atoms with Crippen LogP contribution >= 0.6 is 0 Å². The molecule has 1 unspecified atom stereocenters. The van der Waals surface area contributed by atoms with Gasteiger partial charge in [0.15, 0.2) is 0 Å². The van der Waals surface area contributed by atoms with Gasteiger partial charge in [-0.25, -0.2) is 4.98 Å². The number of nitrogens with one attached hydrogen (secondary N) is 2. The number of H-pyrrole nitrogens is 1. The second-order valence-electron chi connectivity index (χ2n) is 3.98. The van der Waals surface area contributed by atoms with E-state index in [0.717, 1.165) is 30.7 Å². The van der Waals surface area contributed by atoms with E-state index in [0.29, 0.717) is 18.9 Å². The summed E-state index contributed by atoms with van der Waals surface area (Å²) >= 11 is 0. The van der Waals surface area contributed by atoms with E-state index in [2.05, 4.69) is 15.3 Å². The number of fused-ring (bicyclic) bond motifs is 1. The predicted octanol–water partition coefficient (Wildman–Crippen LogP) is 0.225. The highest BCUT2D eigenvalue weighted by Gasteiger charge is 2.23. The zero-order valence-electron chi connectivity index (χ0n) is 8.38. The molecule has 15 heavy (non-hydrogen) atoms. The molecular weight excluding hydrogens is 194 g/mol. The predicted molar refractivity (Wildman–Crippen MR) is 53.3 cm³/mol. The number of hydrogen-bond acceptors (Lipinski definition) is 4. The van der Waals surface area contributed by atoms with E-state index >= 15 is 0 Å². The first-order chi connectivity index (χ1) is 7.34. The van der Waals surface area contributed by atoms with Crippen LogP contribution in [0.25, 0.3) is 0 Å². The standard InChI is InChI=1S/C10H13N3O2/c14-10-6-4-11-5-7(6)12-9(13-10)8-2-1-3-15-8/h8,11H,1-5H2,(H,12,13,14). The average Bonchev–Trinajstić information content (AvgIpc) is 2.88. The van der Waals surface area contributed by atoms with Gasteiger partial charge in [-0.1, -0.05) is 0 Å². The third-order valence-corrected chi connectivity index (χ3v) is 2.95. The Morgan fingerprint density at radius 1 is 1.40 bits per heavy atom. The molecule has 0 bridgehead atoms. The van der Waals surface area contributed by atoms with E-state index < -0.39 is 0 Å². The monoisotopic (exact) mass is 207 g/mol. The third-order valence-electron chi connectivity index (χ3n) is 2.95. The number of hydrogen-bond donors (Lipinski definition) is 2. The van der Waals surface area contributed by atoms with Crippen molar-refractivity contribution in [2.24, 2.45) is 0 Å². The van der Waals surface area contributed by atoms with E-state index in [-0.39, 0.29) is 11.7 Å². The zero-order chi connectivity index (χ0) is 10.3. The fourth-order valence-electron chi connectivity index (χ4n) is 2.14. The van der Waals surface area contributed by atoms with Gasteiger partial charge in [-0.3, -0.25) is 4.79 Å². The van der Waals surface area contributed by atoms with Crippen molar-refractivity contribution >= 4 is 0 Å². The molecule has 3 heterocycles. The summed E-state index contributed by atoms with van der Waals surface area (Å²) in [5.41, 5.74) is 1.64. The molecule has 0 aliphatic carbocycles. The van der Waals surface area contributed by atoms with Crippen LogP contribution in [0, 0.1) is 0 Å². The summed E-state index contributed by atoms with van der Waals surface area (Å²) < 4.78 is 5.50.